The number of hydrogen-bond donors (Lipinski definition) is 0. The number of hydrogen-bond acceptors (Lipinski definition) is 5. The molecule has 1 saturated carbocycles. The molecule has 30 heavy (non-hydrogen) atoms. The first-order chi connectivity index (χ1) is 14.6. The Morgan fingerprint density at radius 2 is 2.00 bits per heavy atom. The van der Waals surface area contributed by atoms with Crippen molar-refractivity contribution in [2.45, 2.75) is 32.2 Å². The van der Waals surface area contributed by atoms with Gasteiger partial charge in [0.2, 0.25) is 5.91 Å². The molecule has 2 amide bonds. The first-order valence-electron chi connectivity index (χ1n) is 10.7. The molecule has 1 aliphatic heterocycles. The monoisotopic (exact) mass is 411 g/mol. The Balaban J connectivity index is 1.37. The topological polar surface area (TPSA) is 75.9 Å². The lowest BCUT2D eigenvalue weighted by Crippen LogP contribution is -2.42. The Morgan fingerprint density at radius 3 is 2.77 bits per heavy atom. The number of carbonyl (C=O) groups is 2. The highest BCUT2D eigenvalue weighted by Crippen LogP contribution is 2.40. The SMILES string of the molecule is CCOCC(=O)N(C)[C@H]1C[C@H]2CCN(C(=O)c3cc(-c4ccccc4)on3)C[C@H]2C1. The number of likely N-dealkylation sites (tertiary alicyclic amines) is 1. The molecule has 1 aromatic heterocycles. The molecule has 0 bridgehead atoms. The molecular formula is C23H29N3O4. The predicted octanol–water partition coefficient (Wildman–Crippen LogP) is 3.08. The van der Waals surface area contributed by atoms with Gasteiger partial charge in [0.1, 0.15) is 6.61 Å². The van der Waals surface area contributed by atoms with Crippen LogP contribution in [0.4, 0.5) is 0 Å². The molecule has 7 nitrogen and oxygen atoms in total. The van der Waals surface area contributed by atoms with Gasteiger partial charge in [-0.2, -0.15) is 0 Å². The predicted molar refractivity (Wildman–Crippen MR) is 112 cm³/mol. The number of piperidine rings is 1. The Labute approximate surface area is 177 Å². The van der Waals surface area contributed by atoms with E-state index in [-0.39, 0.29) is 24.5 Å². The number of rotatable bonds is 6. The maximum atomic E-state index is 13.0. The van der Waals surface area contributed by atoms with Gasteiger partial charge in [-0.1, -0.05) is 35.5 Å². The van der Waals surface area contributed by atoms with E-state index in [2.05, 4.69) is 5.16 Å². The van der Waals surface area contributed by atoms with Crippen LogP contribution in [0, 0.1) is 11.8 Å². The number of ether oxygens (including phenoxy) is 1. The van der Waals surface area contributed by atoms with Crippen molar-refractivity contribution in [2.75, 3.05) is 33.4 Å². The van der Waals surface area contributed by atoms with Crippen molar-refractivity contribution >= 4 is 11.8 Å². The summed E-state index contributed by atoms with van der Waals surface area (Å²) in [4.78, 5) is 29.0. The summed E-state index contributed by atoms with van der Waals surface area (Å²) in [6, 6.07) is 11.6. The van der Waals surface area contributed by atoms with Gasteiger partial charge in [0.25, 0.3) is 5.91 Å². The zero-order chi connectivity index (χ0) is 21.1. The van der Waals surface area contributed by atoms with E-state index < -0.39 is 0 Å². The van der Waals surface area contributed by atoms with Crippen LogP contribution in [-0.4, -0.2) is 66.2 Å². The first-order valence-corrected chi connectivity index (χ1v) is 10.7. The minimum atomic E-state index is -0.0800. The van der Waals surface area contributed by atoms with Crippen LogP contribution in [0.25, 0.3) is 11.3 Å². The highest BCUT2D eigenvalue weighted by molar-refractivity contribution is 5.93. The smallest absolute Gasteiger partial charge is 0.276 e. The minimum Gasteiger partial charge on any atom is -0.372 e. The molecular weight excluding hydrogens is 382 g/mol. The molecule has 160 valence electrons. The van der Waals surface area contributed by atoms with Crippen molar-refractivity contribution in [2.24, 2.45) is 11.8 Å². The third-order valence-electron chi connectivity index (χ3n) is 6.49. The van der Waals surface area contributed by atoms with Crippen LogP contribution in [0.5, 0.6) is 0 Å². The van der Waals surface area contributed by atoms with E-state index in [1.165, 1.54) is 0 Å². The lowest BCUT2D eigenvalue weighted by Gasteiger charge is -2.34. The van der Waals surface area contributed by atoms with E-state index in [1.54, 1.807) is 6.07 Å². The van der Waals surface area contributed by atoms with Gasteiger partial charge in [0.15, 0.2) is 11.5 Å². The fourth-order valence-corrected chi connectivity index (χ4v) is 4.73. The molecule has 0 radical (unpaired) electrons. The van der Waals surface area contributed by atoms with E-state index >= 15 is 0 Å². The molecule has 7 heteroatoms. The van der Waals surface area contributed by atoms with Gasteiger partial charge in [0.05, 0.1) is 0 Å². The standard InChI is InChI=1S/C23H29N3O4/c1-3-29-15-22(27)25(2)19-11-17-9-10-26(14-18(17)12-19)23(28)20-13-21(30-24-20)16-7-5-4-6-8-16/h4-8,13,17-19H,3,9-12,14-15H2,1-2H3/t17-,18-,19+/m1/s1. The number of likely N-dealkylation sites (N-methyl/N-ethyl adjacent to an activating group) is 1. The molecule has 1 aliphatic carbocycles. The number of fused-ring (bicyclic) bond motifs is 1. The van der Waals surface area contributed by atoms with Crippen LogP contribution in [0.1, 0.15) is 36.7 Å². The van der Waals surface area contributed by atoms with Gasteiger partial charge in [-0.05, 0) is 38.0 Å². The molecule has 2 aromatic rings. The number of carbonyl (C=O) groups excluding carboxylic acids is 2. The van der Waals surface area contributed by atoms with Crippen LogP contribution >= 0.6 is 0 Å². The van der Waals surface area contributed by atoms with Crippen molar-refractivity contribution in [1.29, 1.82) is 0 Å². The minimum absolute atomic E-state index is 0.0319. The van der Waals surface area contributed by atoms with E-state index in [4.69, 9.17) is 9.26 Å². The molecule has 3 atom stereocenters. The first kappa shape index (κ1) is 20.6. The quantitative estimate of drug-likeness (QED) is 0.730. The van der Waals surface area contributed by atoms with Crippen LogP contribution in [0.15, 0.2) is 40.9 Å². The van der Waals surface area contributed by atoms with E-state index in [1.807, 2.05) is 54.1 Å². The summed E-state index contributed by atoms with van der Waals surface area (Å²) in [5.74, 6) is 1.52. The second-order valence-corrected chi connectivity index (χ2v) is 8.27. The van der Waals surface area contributed by atoms with Crippen LogP contribution < -0.4 is 0 Å². The number of amides is 2. The molecule has 2 heterocycles. The zero-order valence-corrected chi connectivity index (χ0v) is 17.6. The lowest BCUT2D eigenvalue weighted by molar-refractivity contribution is -0.136. The van der Waals surface area contributed by atoms with Crippen molar-refractivity contribution < 1.29 is 18.8 Å². The Morgan fingerprint density at radius 1 is 1.23 bits per heavy atom. The van der Waals surface area contributed by atoms with Gasteiger partial charge < -0.3 is 19.1 Å². The average molecular weight is 412 g/mol. The fraction of sp³-hybridized carbons (Fsp3) is 0.522. The third kappa shape index (κ3) is 4.26. The highest BCUT2D eigenvalue weighted by Gasteiger charge is 2.41. The Bertz CT molecular complexity index is 882. The van der Waals surface area contributed by atoms with Crippen LogP contribution in [-0.2, 0) is 9.53 Å². The van der Waals surface area contributed by atoms with Crippen LogP contribution in [0.3, 0.4) is 0 Å². The second kappa shape index (κ2) is 9.00. The number of nitrogens with zero attached hydrogens (tertiary/aromatic N) is 3. The summed E-state index contributed by atoms with van der Waals surface area (Å²) in [7, 11) is 1.87. The molecule has 1 aromatic carbocycles. The normalized spacial score (nSPS) is 23.3. The van der Waals surface area contributed by atoms with Gasteiger partial charge in [-0.3, -0.25) is 9.59 Å². The lowest BCUT2D eigenvalue weighted by atomic mass is 9.88. The van der Waals surface area contributed by atoms with E-state index in [0.717, 1.165) is 31.4 Å². The largest absolute Gasteiger partial charge is 0.372 e. The van der Waals surface area contributed by atoms with Gasteiger partial charge >= 0.3 is 0 Å². The maximum absolute atomic E-state index is 13.0. The number of benzene rings is 1. The third-order valence-corrected chi connectivity index (χ3v) is 6.49. The van der Waals surface area contributed by atoms with Gasteiger partial charge in [-0.25, -0.2) is 0 Å². The molecule has 2 aliphatic rings. The molecule has 0 N–H and O–H groups in total. The summed E-state index contributed by atoms with van der Waals surface area (Å²) in [6.45, 7) is 4.00. The summed E-state index contributed by atoms with van der Waals surface area (Å²) in [5, 5.41) is 4.02. The van der Waals surface area contributed by atoms with Crippen LogP contribution in [0.2, 0.25) is 0 Å². The molecule has 0 spiro atoms. The Hall–Kier alpha value is -2.67. The van der Waals surface area contributed by atoms with Crippen molar-refractivity contribution in [1.82, 2.24) is 15.0 Å². The summed E-state index contributed by atoms with van der Waals surface area (Å²) >= 11 is 0. The molecule has 4 rings (SSSR count). The maximum Gasteiger partial charge on any atom is 0.276 e. The van der Waals surface area contributed by atoms with E-state index in [9.17, 15) is 9.59 Å². The van der Waals surface area contributed by atoms with Gasteiger partial charge in [0, 0.05) is 44.4 Å². The van der Waals surface area contributed by atoms with Crippen molar-refractivity contribution in [3.8, 4) is 11.3 Å². The summed E-state index contributed by atoms with van der Waals surface area (Å²) in [5.41, 5.74) is 1.26. The fourth-order valence-electron chi connectivity index (χ4n) is 4.73. The molecule has 1 saturated heterocycles. The summed E-state index contributed by atoms with van der Waals surface area (Å²) < 4.78 is 10.7. The molecule has 2 fully saturated rings. The zero-order valence-electron chi connectivity index (χ0n) is 17.6. The second-order valence-electron chi connectivity index (χ2n) is 8.27. The van der Waals surface area contributed by atoms with Gasteiger partial charge in [-0.15, -0.1) is 0 Å². The van der Waals surface area contributed by atoms with Crippen molar-refractivity contribution in [3.05, 3.63) is 42.1 Å². The van der Waals surface area contributed by atoms with E-state index in [0.29, 0.717) is 36.4 Å². The number of aromatic nitrogens is 1. The van der Waals surface area contributed by atoms with Crippen molar-refractivity contribution in [3.63, 3.8) is 0 Å². The molecule has 0 unspecified atom stereocenters. The highest BCUT2D eigenvalue weighted by atomic mass is 16.5. The average Bonchev–Trinajstić information content (AvgIpc) is 3.44. The Kier molecular flexibility index (Phi) is 6.18. The summed E-state index contributed by atoms with van der Waals surface area (Å²) in [6.07, 6.45) is 2.89.